The molecule has 1 heterocycles. The number of aryl methyl sites for hydroxylation is 2. The molecule has 0 saturated carbocycles. The molecule has 1 aliphatic heterocycles. The van der Waals surface area contributed by atoms with Crippen molar-refractivity contribution in [2.45, 2.75) is 19.8 Å². The molecule has 2 heteroatoms. The molecule has 1 N–H and O–H groups in total. The van der Waals surface area contributed by atoms with Crippen LogP contribution in [-0.2, 0) is 6.42 Å². The molecule has 2 aromatic rings. The van der Waals surface area contributed by atoms with Crippen LogP contribution in [0.4, 0.5) is 17.1 Å². The number of rotatable bonds is 2. The second-order valence-corrected chi connectivity index (χ2v) is 5.19. The van der Waals surface area contributed by atoms with E-state index in [1.807, 2.05) is 0 Å². The molecule has 3 rings (SSSR count). The minimum absolute atomic E-state index is 1.08. The van der Waals surface area contributed by atoms with Crippen LogP contribution in [0, 0.1) is 6.92 Å². The first-order valence-corrected chi connectivity index (χ1v) is 6.92. The van der Waals surface area contributed by atoms with Gasteiger partial charge < -0.3 is 10.2 Å². The normalized spacial score (nSPS) is 13.6. The number of nitrogens with one attached hydrogen (secondary N) is 1. The van der Waals surface area contributed by atoms with Crippen molar-refractivity contribution in [2.24, 2.45) is 0 Å². The smallest absolute Gasteiger partial charge is 0.0646 e. The van der Waals surface area contributed by atoms with Crippen LogP contribution in [0.3, 0.4) is 0 Å². The van der Waals surface area contributed by atoms with Crippen LogP contribution in [0.2, 0.25) is 0 Å². The van der Waals surface area contributed by atoms with E-state index < -0.39 is 0 Å². The molecule has 19 heavy (non-hydrogen) atoms. The third-order valence-electron chi connectivity index (χ3n) is 3.89. The van der Waals surface area contributed by atoms with Crippen molar-refractivity contribution in [3.05, 3.63) is 53.6 Å². The highest BCUT2D eigenvalue weighted by Gasteiger charge is 2.16. The summed E-state index contributed by atoms with van der Waals surface area (Å²) in [5, 5.41) is 3.56. The lowest BCUT2D eigenvalue weighted by molar-refractivity contribution is 0.829. The van der Waals surface area contributed by atoms with Crippen LogP contribution in [0.25, 0.3) is 0 Å². The van der Waals surface area contributed by atoms with Gasteiger partial charge in [-0.05, 0) is 43.0 Å². The van der Waals surface area contributed by atoms with Gasteiger partial charge in [0.2, 0.25) is 0 Å². The van der Waals surface area contributed by atoms with Crippen LogP contribution in [0.15, 0.2) is 42.5 Å². The molecule has 1 aliphatic rings. The van der Waals surface area contributed by atoms with E-state index in [1.54, 1.807) is 0 Å². The van der Waals surface area contributed by atoms with Gasteiger partial charge >= 0.3 is 0 Å². The number of benzene rings is 2. The van der Waals surface area contributed by atoms with Crippen LogP contribution >= 0.6 is 0 Å². The summed E-state index contributed by atoms with van der Waals surface area (Å²) in [6.45, 7) is 3.24. The molecule has 0 aliphatic carbocycles. The Balaban J connectivity index is 2.05. The Morgan fingerprint density at radius 1 is 1.00 bits per heavy atom. The fourth-order valence-electron chi connectivity index (χ4n) is 2.84. The Morgan fingerprint density at radius 3 is 2.63 bits per heavy atom. The summed E-state index contributed by atoms with van der Waals surface area (Å²) in [6.07, 6.45) is 2.41. The van der Waals surface area contributed by atoms with E-state index in [2.05, 4.69) is 66.7 Å². The summed E-state index contributed by atoms with van der Waals surface area (Å²) < 4.78 is 0. The van der Waals surface area contributed by atoms with Gasteiger partial charge in [0.1, 0.15) is 0 Å². The Bertz CT molecular complexity index is 590. The standard InChI is InChI=1S/C17H20N2/c1-13-7-3-4-10-15(13)19(2)16-11-5-8-14-9-6-12-18-17(14)16/h3-5,7-8,10-11,18H,6,9,12H2,1-2H3. The average Bonchev–Trinajstić information content (AvgIpc) is 2.46. The molecule has 0 fully saturated rings. The van der Waals surface area contributed by atoms with E-state index >= 15 is 0 Å². The predicted octanol–water partition coefficient (Wildman–Crippen LogP) is 4.12. The lowest BCUT2D eigenvalue weighted by Crippen LogP contribution is -2.18. The zero-order chi connectivity index (χ0) is 13.2. The summed E-state index contributed by atoms with van der Waals surface area (Å²) >= 11 is 0. The van der Waals surface area contributed by atoms with Crippen LogP contribution < -0.4 is 10.2 Å². The van der Waals surface area contributed by atoms with Gasteiger partial charge in [0, 0.05) is 19.3 Å². The fourth-order valence-corrected chi connectivity index (χ4v) is 2.84. The summed E-state index contributed by atoms with van der Waals surface area (Å²) in [6, 6.07) is 15.1. The van der Waals surface area contributed by atoms with Crippen molar-refractivity contribution in [1.29, 1.82) is 0 Å². The van der Waals surface area contributed by atoms with E-state index in [9.17, 15) is 0 Å². The van der Waals surface area contributed by atoms with Gasteiger partial charge in [0.15, 0.2) is 0 Å². The molecule has 2 aromatic carbocycles. The van der Waals surface area contributed by atoms with Gasteiger partial charge in [0.05, 0.1) is 11.4 Å². The molecular formula is C17H20N2. The SMILES string of the molecule is Cc1ccccc1N(C)c1cccc2c1NCCC2. The van der Waals surface area contributed by atoms with Crippen molar-refractivity contribution >= 4 is 17.1 Å². The quantitative estimate of drug-likeness (QED) is 0.865. The van der Waals surface area contributed by atoms with E-state index in [0.29, 0.717) is 0 Å². The summed E-state index contributed by atoms with van der Waals surface area (Å²) in [5.41, 5.74) is 6.58. The monoisotopic (exact) mass is 252 g/mol. The topological polar surface area (TPSA) is 15.3 Å². The zero-order valence-electron chi connectivity index (χ0n) is 11.6. The van der Waals surface area contributed by atoms with Crippen molar-refractivity contribution in [3.8, 4) is 0 Å². The number of hydrogen-bond acceptors (Lipinski definition) is 2. The van der Waals surface area contributed by atoms with E-state index in [4.69, 9.17) is 0 Å². The van der Waals surface area contributed by atoms with E-state index in [1.165, 1.54) is 41.0 Å². The molecule has 0 spiro atoms. The average molecular weight is 252 g/mol. The maximum absolute atomic E-state index is 3.56. The van der Waals surface area contributed by atoms with Gasteiger partial charge in [-0.3, -0.25) is 0 Å². The number of nitrogens with zero attached hydrogens (tertiary/aromatic N) is 1. The maximum Gasteiger partial charge on any atom is 0.0646 e. The zero-order valence-corrected chi connectivity index (χ0v) is 11.6. The Kier molecular flexibility index (Phi) is 3.16. The number of para-hydroxylation sites is 2. The highest BCUT2D eigenvalue weighted by molar-refractivity contribution is 5.80. The van der Waals surface area contributed by atoms with Crippen molar-refractivity contribution in [3.63, 3.8) is 0 Å². The summed E-state index contributed by atoms with van der Waals surface area (Å²) in [4.78, 5) is 2.28. The van der Waals surface area contributed by atoms with Gasteiger partial charge in [0.25, 0.3) is 0 Å². The minimum atomic E-state index is 1.08. The molecule has 0 bridgehead atoms. The first-order chi connectivity index (χ1) is 9.27. The van der Waals surface area contributed by atoms with E-state index in [0.717, 1.165) is 6.54 Å². The molecule has 0 amide bonds. The molecule has 98 valence electrons. The van der Waals surface area contributed by atoms with Crippen LogP contribution in [-0.4, -0.2) is 13.6 Å². The van der Waals surface area contributed by atoms with Crippen LogP contribution in [0.1, 0.15) is 17.5 Å². The Hall–Kier alpha value is -1.96. The third-order valence-corrected chi connectivity index (χ3v) is 3.89. The largest absolute Gasteiger partial charge is 0.383 e. The Labute approximate surface area is 115 Å². The highest BCUT2D eigenvalue weighted by Crippen LogP contribution is 2.36. The molecule has 0 atom stereocenters. The number of fused-ring (bicyclic) bond motifs is 1. The first kappa shape index (κ1) is 12.1. The van der Waals surface area contributed by atoms with Crippen molar-refractivity contribution in [2.75, 3.05) is 23.8 Å². The predicted molar refractivity (Wildman–Crippen MR) is 82.5 cm³/mol. The van der Waals surface area contributed by atoms with Gasteiger partial charge in [-0.2, -0.15) is 0 Å². The Morgan fingerprint density at radius 2 is 1.79 bits per heavy atom. The molecule has 0 saturated heterocycles. The summed E-state index contributed by atoms with van der Waals surface area (Å²) in [7, 11) is 2.15. The third kappa shape index (κ3) is 2.19. The van der Waals surface area contributed by atoms with Gasteiger partial charge in [-0.1, -0.05) is 30.3 Å². The number of hydrogen-bond donors (Lipinski definition) is 1. The van der Waals surface area contributed by atoms with E-state index in [-0.39, 0.29) is 0 Å². The second-order valence-electron chi connectivity index (χ2n) is 5.19. The summed E-state index contributed by atoms with van der Waals surface area (Å²) in [5.74, 6) is 0. The minimum Gasteiger partial charge on any atom is -0.383 e. The lowest BCUT2D eigenvalue weighted by atomic mass is 10.0. The van der Waals surface area contributed by atoms with Crippen molar-refractivity contribution < 1.29 is 0 Å². The second kappa shape index (κ2) is 4.96. The van der Waals surface area contributed by atoms with Gasteiger partial charge in [-0.15, -0.1) is 0 Å². The number of anilines is 3. The molecule has 0 unspecified atom stereocenters. The molecule has 0 aromatic heterocycles. The highest BCUT2D eigenvalue weighted by atomic mass is 15.1. The van der Waals surface area contributed by atoms with Crippen molar-refractivity contribution in [1.82, 2.24) is 0 Å². The lowest BCUT2D eigenvalue weighted by Gasteiger charge is -2.28. The fraction of sp³-hybridized carbons (Fsp3) is 0.294. The maximum atomic E-state index is 3.56. The van der Waals surface area contributed by atoms with Gasteiger partial charge in [-0.25, -0.2) is 0 Å². The molecular weight excluding hydrogens is 232 g/mol. The van der Waals surface area contributed by atoms with Crippen LogP contribution in [0.5, 0.6) is 0 Å². The molecule has 0 radical (unpaired) electrons. The molecule has 2 nitrogen and oxygen atoms in total. The first-order valence-electron chi connectivity index (χ1n) is 6.92.